The molecule has 0 aromatic heterocycles. The maximum absolute atomic E-state index is 6.51. The molecule has 2 unspecified atom stereocenters. The van der Waals surface area contributed by atoms with E-state index in [1.165, 1.54) is 18.4 Å². The lowest BCUT2D eigenvalue weighted by Crippen LogP contribution is -2.65. The van der Waals surface area contributed by atoms with E-state index in [4.69, 9.17) is 23.8 Å². The summed E-state index contributed by atoms with van der Waals surface area (Å²) in [5, 5.41) is 2.18. The van der Waals surface area contributed by atoms with Gasteiger partial charge in [-0.15, -0.1) is 0 Å². The van der Waals surface area contributed by atoms with Gasteiger partial charge in [0.1, 0.15) is 18.5 Å². The normalized spacial score (nSPS) is 28.2. The summed E-state index contributed by atoms with van der Waals surface area (Å²) in [6.45, 7) is 14.0. The van der Waals surface area contributed by atoms with Crippen molar-refractivity contribution in [1.82, 2.24) is 5.06 Å². The van der Waals surface area contributed by atoms with Gasteiger partial charge in [0, 0.05) is 23.9 Å². The largest absolute Gasteiger partial charge is 0.491 e. The molecule has 0 N–H and O–H groups in total. The second-order valence-corrected chi connectivity index (χ2v) is 10.9. The monoisotopic (exact) mass is 447 g/mol. The lowest BCUT2D eigenvalue weighted by molar-refractivity contribution is -0.337. The number of hydrogen-bond acceptors (Lipinski definition) is 6. The van der Waals surface area contributed by atoms with Gasteiger partial charge in [0.2, 0.25) is 0 Å². The number of benzene rings is 1. The van der Waals surface area contributed by atoms with Gasteiger partial charge in [0.05, 0.1) is 25.9 Å². The molecular weight excluding hydrogens is 406 g/mol. The Morgan fingerprint density at radius 1 is 1.00 bits per heavy atom. The molecule has 2 atom stereocenters. The Labute approximate surface area is 193 Å². The lowest BCUT2D eigenvalue weighted by Gasteiger charge is -2.56. The van der Waals surface area contributed by atoms with Crippen LogP contribution in [-0.2, 0) is 25.5 Å². The van der Waals surface area contributed by atoms with Crippen molar-refractivity contribution < 1.29 is 23.8 Å². The highest BCUT2D eigenvalue weighted by molar-refractivity contribution is 5.27. The summed E-state index contributed by atoms with van der Waals surface area (Å²) in [5.74, 6) is 0.398. The molecule has 3 aliphatic heterocycles. The van der Waals surface area contributed by atoms with Crippen LogP contribution < -0.4 is 4.74 Å². The molecule has 0 aliphatic carbocycles. The molecule has 0 radical (unpaired) electrons. The standard InChI is InChI=1S/C26H41NO5/c1-6-7-8-22-17-30-26(32-22)18-24(2,3)27(25(4,5)19-26)31-14-13-20-9-11-21(12-10-20)28-15-23-16-29-23/h9-12,22-23H,6-8,13-19H2,1-5H3. The topological polar surface area (TPSA) is 52.7 Å². The Morgan fingerprint density at radius 3 is 2.31 bits per heavy atom. The molecule has 1 aromatic carbocycles. The molecule has 0 bridgehead atoms. The Bertz CT molecular complexity index is 725. The lowest BCUT2D eigenvalue weighted by atomic mass is 9.78. The van der Waals surface area contributed by atoms with Crippen LogP contribution in [0.1, 0.15) is 72.3 Å². The van der Waals surface area contributed by atoms with E-state index in [9.17, 15) is 0 Å². The summed E-state index contributed by atoms with van der Waals surface area (Å²) >= 11 is 0. The van der Waals surface area contributed by atoms with E-state index in [1.807, 2.05) is 12.1 Å². The van der Waals surface area contributed by atoms with Crippen LogP contribution in [0.25, 0.3) is 0 Å². The predicted molar refractivity (Wildman–Crippen MR) is 124 cm³/mol. The van der Waals surface area contributed by atoms with E-state index in [1.54, 1.807) is 0 Å². The molecule has 1 spiro atoms. The highest BCUT2D eigenvalue weighted by Crippen LogP contribution is 2.48. The summed E-state index contributed by atoms with van der Waals surface area (Å²) < 4.78 is 23.7. The number of rotatable bonds is 10. The second kappa shape index (κ2) is 9.59. The number of ether oxygens (including phenoxy) is 4. The van der Waals surface area contributed by atoms with E-state index >= 15 is 0 Å². The minimum atomic E-state index is -0.493. The molecule has 3 heterocycles. The third kappa shape index (κ3) is 5.84. The summed E-state index contributed by atoms with van der Waals surface area (Å²) in [5.41, 5.74) is 0.860. The first-order valence-corrected chi connectivity index (χ1v) is 12.3. The van der Waals surface area contributed by atoms with E-state index in [2.05, 4.69) is 51.8 Å². The van der Waals surface area contributed by atoms with Gasteiger partial charge in [-0.2, -0.15) is 5.06 Å². The van der Waals surface area contributed by atoms with Crippen LogP contribution in [0.15, 0.2) is 24.3 Å². The van der Waals surface area contributed by atoms with Crippen LogP contribution in [0.5, 0.6) is 5.75 Å². The van der Waals surface area contributed by atoms with Crippen molar-refractivity contribution in [1.29, 1.82) is 0 Å². The van der Waals surface area contributed by atoms with Crippen LogP contribution >= 0.6 is 0 Å². The molecule has 0 amide bonds. The van der Waals surface area contributed by atoms with Crippen molar-refractivity contribution in [3.8, 4) is 5.75 Å². The van der Waals surface area contributed by atoms with E-state index in [0.717, 1.165) is 38.0 Å². The predicted octanol–water partition coefficient (Wildman–Crippen LogP) is 4.89. The molecule has 6 heteroatoms. The summed E-state index contributed by atoms with van der Waals surface area (Å²) in [6, 6.07) is 8.29. The second-order valence-electron chi connectivity index (χ2n) is 10.9. The molecule has 180 valence electrons. The first kappa shape index (κ1) is 24.0. The molecule has 1 aromatic rings. The Kier molecular flexibility index (Phi) is 7.18. The Balaban J connectivity index is 1.30. The Morgan fingerprint density at radius 2 is 1.69 bits per heavy atom. The quantitative estimate of drug-likeness (QED) is 0.476. The van der Waals surface area contributed by atoms with Crippen molar-refractivity contribution >= 4 is 0 Å². The van der Waals surface area contributed by atoms with Crippen LogP contribution in [0.3, 0.4) is 0 Å². The van der Waals surface area contributed by atoms with Gasteiger partial charge in [0.25, 0.3) is 0 Å². The van der Waals surface area contributed by atoms with Gasteiger partial charge in [-0.1, -0.05) is 31.9 Å². The SMILES string of the molecule is CCCCC1COC2(CC(C)(C)N(OCCc3ccc(OCC4CO4)cc3)C(C)(C)C2)O1. The summed E-state index contributed by atoms with van der Waals surface area (Å²) in [7, 11) is 0. The molecular formula is C26H41NO5. The smallest absolute Gasteiger partial charge is 0.172 e. The molecule has 0 saturated carbocycles. The van der Waals surface area contributed by atoms with Crippen molar-refractivity contribution in [3.63, 3.8) is 0 Å². The highest BCUT2D eigenvalue weighted by atomic mass is 16.7. The van der Waals surface area contributed by atoms with E-state index in [0.29, 0.717) is 19.8 Å². The van der Waals surface area contributed by atoms with E-state index in [-0.39, 0.29) is 23.3 Å². The van der Waals surface area contributed by atoms with Crippen LogP contribution in [-0.4, -0.2) is 60.6 Å². The van der Waals surface area contributed by atoms with E-state index < -0.39 is 5.79 Å². The zero-order valence-electron chi connectivity index (χ0n) is 20.5. The van der Waals surface area contributed by atoms with Crippen molar-refractivity contribution in [3.05, 3.63) is 29.8 Å². The van der Waals surface area contributed by atoms with Crippen LogP contribution in [0, 0.1) is 0 Å². The molecule has 6 nitrogen and oxygen atoms in total. The summed E-state index contributed by atoms with van der Waals surface area (Å²) in [6.07, 6.45) is 6.43. The first-order valence-electron chi connectivity index (χ1n) is 12.3. The summed E-state index contributed by atoms with van der Waals surface area (Å²) in [4.78, 5) is 6.40. The number of nitrogens with zero attached hydrogens (tertiary/aromatic N) is 1. The zero-order chi connectivity index (χ0) is 22.8. The molecule has 3 aliphatic rings. The maximum Gasteiger partial charge on any atom is 0.172 e. The van der Waals surface area contributed by atoms with Gasteiger partial charge < -0.3 is 18.9 Å². The fourth-order valence-electron chi connectivity index (χ4n) is 5.43. The first-order chi connectivity index (χ1) is 15.2. The van der Waals surface area contributed by atoms with Crippen LogP contribution in [0.2, 0.25) is 0 Å². The number of hydroxylamine groups is 2. The number of piperidine rings is 1. The minimum Gasteiger partial charge on any atom is -0.491 e. The zero-order valence-corrected chi connectivity index (χ0v) is 20.5. The molecule has 4 rings (SSSR count). The third-order valence-corrected chi connectivity index (χ3v) is 6.67. The average Bonchev–Trinajstić information content (AvgIpc) is 3.48. The van der Waals surface area contributed by atoms with Crippen molar-refractivity contribution in [2.45, 2.75) is 102 Å². The minimum absolute atomic E-state index is 0.191. The fraction of sp³-hybridized carbons (Fsp3) is 0.769. The maximum atomic E-state index is 6.51. The molecule has 3 fully saturated rings. The van der Waals surface area contributed by atoms with Crippen molar-refractivity contribution in [2.24, 2.45) is 0 Å². The fourth-order valence-corrected chi connectivity index (χ4v) is 5.43. The highest BCUT2D eigenvalue weighted by Gasteiger charge is 2.57. The molecule has 3 saturated heterocycles. The third-order valence-electron chi connectivity index (χ3n) is 6.67. The number of unbranched alkanes of at least 4 members (excludes halogenated alkanes) is 1. The average molecular weight is 448 g/mol. The Hall–Kier alpha value is -1.18. The molecule has 32 heavy (non-hydrogen) atoms. The van der Waals surface area contributed by atoms with Crippen molar-refractivity contribution in [2.75, 3.05) is 26.4 Å². The van der Waals surface area contributed by atoms with Gasteiger partial charge in [-0.25, -0.2) is 0 Å². The number of hydrogen-bond donors (Lipinski definition) is 0. The number of epoxide rings is 1. The van der Waals surface area contributed by atoms with Gasteiger partial charge in [-0.05, 0) is 58.2 Å². The van der Waals surface area contributed by atoms with Crippen LogP contribution in [0.4, 0.5) is 0 Å². The van der Waals surface area contributed by atoms with Gasteiger partial charge in [-0.3, -0.25) is 4.84 Å². The van der Waals surface area contributed by atoms with Gasteiger partial charge >= 0.3 is 0 Å². The van der Waals surface area contributed by atoms with Gasteiger partial charge in [0.15, 0.2) is 5.79 Å².